The Kier molecular flexibility index (Phi) is 5.10. The second kappa shape index (κ2) is 6.63. The quantitative estimate of drug-likeness (QED) is 0.635. The molecule has 1 unspecified atom stereocenters. The van der Waals surface area contributed by atoms with Crippen LogP contribution in [0.3, 0.4) is 0 Å². The second-order valence-corrected chi connectivity index (χ2v) is 5.72. The molecule has 0 aromatic heterocycles. The van der Waals surface area contributed by atoms with Gasteiger partial charge in [0.2, 0.25) is 0 Å². The summed E-state index contributed by atoms with van der Waals surface area (Å²) in [4.78, 5) is 0. The summed E-state index contributed by atoms with van der Waals surface area (Å²) in [6.07, 6.45) is 0.337. The summed E-state index contributed by atoms with van der Waals surface area (Å²) in [5.41, 5.74) is 3.58. The Morgan fingerprint density at radius 2 is 1.95 bits per heavy atom. The Bertz CT molecular complexity index is 602. The molecule has 6 heteroatoms. The van der Waals surface area contributed by atoms with Crippen LogP contribution in [-0.2, 0) is 6.42 Å². The molecule has 2 aromatic rings. The Balaban J connectivity index is 2.31. The zero-order valence-corrected chi connectivity index (χ0v) is 12.7. The second-order valence-electron chi connectivity index (χ2n) is 4.37. The summed E-state index contributed by atoms with van der Waals surface area (Å²) in [6.45, 7) is 0. The van der Waals surface area contributed by atoms with Gasteiger partial charge in [-0.05, 0) is 48.4 Å². The number of hydrazine groups is 1. The lowest BCUT2D eigenvalue weighted by molar-refractivity contribution is 0.509. The lowest BCUT2D eigenvalue weighted by Crippen LogP contribution is -2.30. The van der Waals surface area contributed by atoms with Crippen molar-refractivity contribution in [3.8, 4) is 0 Å². The third kappa shape index (κ3) is 3.76. The first-order valence-electron chi connectivity index (χ1n) is 5.85. The van der Waals surface area contributed by atoms with E-state index in [2.05, 4.69) is 21.4 Å². The molecule has 0 aliphatic heterocycles. The van der Waals surface area contributed by atoms with Gasteiger partial charge in [0.1, 0.15) is 11.6 Å². The topological polar surface area (TPSA) is 38.0 Å². The molecule has 3 N–H and O–H groups in total. The third-order valence-corrected chi connectivity index (χ3v) is 3.59. The van der Waals surface area contributed by atoms with Gasteiger partial charge in [-0.1, -0.05) is 27.5 Å². The Hall–Kier alpha value is -1.01. The molecular formula is C14H12BrClF2N2. The molecule has 2 aromatic carbocycles. The molecule has 2 rings (SSSR count). The van der Waals surface area contributed by atoms with Crippen LogP contribution < -0.4 is 11.3 Å². The van der Waals surface area contributed by atoms with Gasteiger partial charge < -0.3 is 0 Å². The van der Waals surface area contributed by atoms with Crippen LogP contribution in [0.2, 0.25) is 5.02 Å². The first kappa shape index (κ1) is 15.4. The fourth-order valence-electron chi connectivity index (χ4n) is 2.00. The molecule has 106 valence electrons. The predicted molar refractivity (Wildman–Crippen MR) is 79.3 cm³/mol. The zero-order chi connectivity index (χ0) is 14.7. The molecule has 0 aliphatic rings. The average molecular weight is 362 g/mol. The minimum absolute atomic E-state index is 0.337. The molecule has 0 amide bonds. The van der Waals surface area contributed by atoms with Crippen molar-refractivity contribution in [1.82, 2.24) is 5.43 Å². The van der Waals surface area contributed by atoms with Crippen molar-refractivity contribution in [2.75, 3.05) is 0 Å². The summed E-state index contributed by atoms with van der Waals surface area (Å²) in [7, 11) is 0. The van der Waals surface area contributed by atoms with Gasteiger partial charge in [0.05, 0.1) is 6.04 Å². The predicted octanol–water partition coefficient (Wildman–Crippen LogP) is 4.13. The number of benzene rings is 2. The van der Waals surface area contributed by atoms with Crippen molar-refractivity contribution in [2.45, 2.75) is 12.5 Å². The van der Waals surface area contributed by atoms with E-state index in [1.54, 1.807) is 6.07 Å². The van der Waals surface area contributed by atoms with Gasteiger partial charge in [-0.25, -0.2) is 8.78 Å². The molecule has 0 fully saturated rings. The van der Waals surface area contributed by atoms with Crippen LogP contribution in [-0.4, -0.2) is 0 Å². The number of nitrogens with two attached hydrogens (primary N) is 1. The average Bonchev–Trinajstić information content (AvgIpc) is 2.38. The largest absolute Gasteiger partial charge is 0.271 e. The van der Waals surface area contributed by atoms with E-state index in [9.17, 15) is 8.78 Å². The number of halogens is 4. The molecule has 0 spiro atoms. The van der Waals surface area contributed by atoms with Gasteiger partial charge in [-0.2, -0.15) is 0 Å². The summed E-state index contributed by atoms with van der Waals surface area (Å²) in [6, 6.07) is 8.26. The van der Waals surface area contributed by atoms with Crippen LogP contribution in [0.5, 0.6) is 0 Å². The van der Waals surface area contributed by atoms with Gasteiger partial charge in [-0.3, -0.25) is 11.3 Å². The molecule has 0 saturated heterocycles. The van der Waals surface area contributed by atoms with Crippen molar-refractivity contribution in [1.29, 1.82) is 0 Å². The van der Waals surface area contributed by atoms with Crippen LogP contribution in [0.4, 0.5) is 8.78 Å². The molecule has 0 saturated carbocycles. The minimum atomic E-state index is -0.498. The summed E-state index contributed by atoms with van der Waals surface area (Å²) in [5.74, 6) is 4.71. The fraction of sp³-hybridized carbons (Fsp3) is 0.143. The molecule has 0 bridgehead atoms. The van der Waals surface area contributed by atoms with Crippen molar-refractivity contribution < 1.29 is 8.78 Å². The van der Waals surface area contributed by atoms with Gasteiger partial charge in [0, 0.05) is 15.1 Å². The SMILES string of the molecule is NNC(Cc1cc(F)cc(Br)c1)c1cc(Cl)ccc1F. The molecule has 1 atom stereocenters. The van der Waals surface area contributed by atoms with Gasteiger partial charge in [-0.15, -0.1) is 0 Å². The van der Waals surface area contributed by atoms with Crippen molar-refractivity contribution in [3.05, 3.63) is 68.7 Å². The van der Waals surface area contributed by atoms with Crippen LogP contribution >= 0.6 is 27.5 Å². The highest BCUT2D eigenvalue weighted by Crippen LogP contribution is 2.25. The van der Waals surface area contributed by atoms with E-state index >= 15 is 0 Å². The third-order valence-electron chi connectivity index (χ3n) is 2.90. The van der Waals surface area contributed by atoms with Crippen LogP contribution in [0.15, 0.2) is 40.9 Å². The highest BCUT2D eigenvalue weighted by atomic mass is 79.9. The van der Waals surface area contributed by atoms with Crippen molar-refractivity contribution in [2.24, 2.45) is 5.84 Å². The van der Waals surface area contributed by atoms with Crippen molar-refractivity contribution >= 4 is 27.5 Å². The van der Waals surface area contributed by atoms with E-state index in [1.165, 1.54) is 30.3 Å². The Morgan fingerprint density at radius 3 is 2.60 bits per heavy atom. The zero-order valence-electron chi connectivity index (χ0n) is 10.3. The first-order chi connectivity index (χ1) is 9.49. The number of hydrogen-bond donors (Lipinski definition) is 2. The maximum Gasteiger partial charge on any atom is 0.128 e. The molecule has 0 radical (unpaired) electrons. The van der Waals surface area contributed by atoms with Gasteiger partial charge in [0.25, 0.3) is 0 Å². The summed E-state index contributed by atoms with van der Waals surface area (Å²) >= 11 is 9.09. The van der Waals surface area contributed by atoms with E-state index in [0.717, 1.165) is 0 Å². The number of rotatable bonds is 4. The molecule has 0 heterocycles. The van der Waals surface area contributed by atoms with E-state index in [4.69, 9.17) is 17.4 Å². The maximum atomic E-state index is 13.8. The van der Waals surface area contributed by atoms with E-state index in [1.807, 2.05) is 0 Å². The number of nitrogens with one attached hydrogen (secondary N) is 1. The highest BCUT2D eigenvalue weighted by molar-refractivity contribution is 9.10. The Labute approximate surface area is 129 Å². The molecular weight excluding hydrogens is 350 g/mol. The maximum absolute atomic E-state index is 13.8. The lowest BCUT2D eigenvalue weighted by atomic mass is 9.99. The highest BCUT2D eigenvalue weighted by Gasteiger charge is 2.16. The van der Waals surface area contributed by atoms with Crippen LogP contribution in [0.25, 0.3) is 0 Å². The molecule has 20 heavy (non-hydrogen) atoms. The van der Waals surface area contributed by atoms with Crippen LogP contribution in [0, 0.1) is 11.6 Å². The van der Waals surface area contributed by atoms with E-state index in [0.29, 0.717) is 27.0 Å². The lowest BCUT2D eigenvalue weighted by Gasteiger charge is -2.17. The summed E-state index contributed by atoms with van der Waals surface area (Å²) in [5, 5.41) is 0.419. The molecule has 0 aliphatic carbocycles. The molecule has 2 nitrogen and oxygen atoms in total. The van der Waals surface area contributed by atoms with Crippen LogP contribution in [0.1, 0.15) is 17.2 Å². The van der Waals surface area contributed by atoms with E-state index in [-0.39, 0.29) is 5.82 Å². The normalized spacial score (nSPS) is 12.4. The van der Waals surface area contributed by atoms with Crippen molar-refractivity contribution in [3.63, 3.8) is 0 Å². The smallest absolute Gasteiger partial charge is 0.128 e. The van der Waals surface area contributed by atoms with Gasteiger partial charge >= 0.3 is 0 Å². The minimum Gasteiger partial charge on any atom is -0.271 e. The van der Waals surface area contributed by atoms with E-state index < -0.39 is 11.9 Å². The first-order valence-corrected chi connectivity index (χ1v) is 7.02. The number of hydrogen-bond acceptors (Lipinski definition) is 2. The Morgan fingerprint density at radius 1 is 1.20 bits per heavy atom. The summed E-state index contributed by atoms with van der Waals surface area (Å²) < 4.78 is 27.8. The monoisotopic (exact) mass is 360 g/mol. The van der Waals surface area contributed by atoms with Gasteiger partial charge in [0.15, 0.2) is 0 Å². The fourth-order valence-corrected chi connectivity index (χ4v) is 2.70. The standard InChI is InChI=1S/C14H12BrClF2N2/c15-9-3-8(4-11(17)6-9)5-14(20-19)12-7-10(16)1-2-13(12)18/h1-4,6-7,14,20H,5,19H2.